The van der Waals surface area contributed by atoms with Crippen molar-refractivity contribution in [2.75, 3.05) is 37.0 Å². The van der Waals surface area contributed by atoms with Crippen molar-refractivity contribution in [1.29, 1.82) is 0 Å². The fourth-order valence-corrected chi connectivity index (χ4v) is 6.77. The Morgan fingerprint density at radius 2 is 1.50 bits per heavy atom. The van der Waals surface area contributed by atoms with Crippen LogP contribution in [0.15, 0.2) is 12.4 Å². The maximum atomic E-state index is 13.0. The molecule has 1 saturated heterocycles. The standard InChI is InChI=1S/C20H33N5O2S/c1-23(2)19-14-20(22-15-21-19)25(16-8-9-16)17-10-12-24(13-11-17)28(26,27)18-6-4-3-5-7-18/h14-18H,3-13H2,1-2H3. The monoisotopic (exact) mass is 407 g/mol. The summed E-state index contributed by atoms with van der Waals surface area (Å²) in [5.74, 6) is 1.89. The van der Waals surface area contributed by atoms with Gasteiger partial charge in [-0.3, -0.25) is 0 Å². The van der Waals surface area contributed by atoms with Crippen molar-refractivity contribution in [3.8, 4) is 0 Å². The van der Waals surface area contributed by atoms with Crippen LogP contribution in [0.5, 0.6) is 0 Å². The molecular weight excluding hydrogens is 374 g/mol. The quantitative estimate of drug-likeness (QED) is 0.722. The summed E-state index contributed by atoms with van der Waals surface area (Å²) in [5.41, 5.74) is 0. The van der Waals surface area contributed by atoms with Crippen molar-refractivity contribution in [1.82, 2.24) is 14.3 Å². The highest BCUT2D eigenvalue weighted by atomic mass is 32.2. The Hall–Kier alpha value is -1.41. The number of sulfonamides is 1. The first-order valence-corrected chi connectivity index (χ1v) is 12.2. The van der Waals surface area contributed by atoms with Crippen LogP contribution in [-0.2, 0) is 10.0 Å². The van der Waals surface area contributed by atoms with Gasteiger partial charge in [-0.25, -0.2) is 22.7 Å². The highest BCUT2D eigenvalue weighted by Crippen LogP contribution is 2.37. The molecule has 0 radical (unpaired) electrons. The molecule has 4 rings (SSSR count). The zero-order valence-electron chi connectivity index (χ0n) is 17.1. The van der Waals surface area contributed by atoms with Gasteiger partial charge >= 0.3 is 0 Å². The highest BCUT2D eigenvalue weighted by molar-refractivity contribution is 7.89. The van der Waals surface area contributed by atoms with Crippen LogP contribution in [0.3, 0.4) is 0 Å². The van der Waals surface area contributed by atoms with Crippen molar-refractivity contribution in [3.63, 3.8) is 0 Å². The van der Waals surface area contributed by atoms with E-state index >= 15 is 0 Å². The van der Waals surface area contributed by atoms with Gasteiger partial charge in [0.15, 0.2) is 0 Å². The fraction of sp³-hybridized carbons (Fsp3) is 0.800. The molecule has 156 valence electrons. The summed E-state index contributed by atoms with van der Waals surface area (Å²) in [4.78, 5) is 13.3. The van der Waals surface area contributed by atoms with Crippen molar-refractivity contribution < 1.29 is 8.42 Å². The van der Waals surface area contributed by atoms with E-state index in [-0.39, 0.29) is 5.25 Å². The molecule has 0 aromatic carbocycles. The lowest BCUT2D eigenvalue weighted by Crippen LogP contribution is -2.50. The molecule has 3 aliphatic rings. The van der Waals surface area contributed by atoms with E-state index in [4.69, 9.17) is 0 Å². The second-order valence-corrected chi connectivity index (χ2v) is 10.9. The first-order chi connectivity index (χ1) is 13.5. The minimum Gasteiger partial charge on any atom is -0.363 e. The fourth-order valence-electron chi connectivity index (χ4n) is 4.70. The number of anilines is 2. The summed E-state index contributed by atoms with van der Waals surface area (Å²) >= 11 is 0. The molecule has 0 bridgehead atoms. The summed E-state index contributed by atoms with van der Waals surface area (Å²) in [6, 6.07) is 2.95. The number of hydrogen-bond donors (Lipinski definition) is 0. The van der Waals surface area contributed by atoms with E-state index in [1.165, 1.54) is 19.3 Å². The van der Waals surface area contributed by atoms with E-state index < -0.39 is 10.0 Å². The zero-order chi connectivity index (χ0) is 19.7. The van der Waals surface area contributed by atoms with Crippen LogP contribution in [0, 0.1) is 0 Å². The molecule has 2 aliphatic carbocycles. The molecule has 3 fully saturated rings. The van der Waals surface area contributed by atoms with E-state index in [0.29, 0.717) is 25.2 Å². The number of nitrogens with zero attached hydrogens (tertiary/aromatic N) is 5. The highest BCUT2D eigenvalue weighted by Gasteiger charge is 2.40. The Bertz CT molecular complexity index is 767. The molecule has 0 N–H and O–H groups in total. The normalized spacial score (nSPS) is 22.9. The third-order valence-electron chi connectivity index (χ3n) is 6.45. The second-order valence-electron chi connectivity index (χ2n) is 8.70. The molecule has 0 spiro atoms. The van der Waals surface area contributed by atoms with Gasteiger partial charge in [0.1, 0.15) is 18.0 Å². The Balaban J connectivity index is 1.45. The first kappa shape index (κ1) is 19.9. The SMILES string of the molecule is CN(C)c1cc(N(C2CC2)C2CCN(S(=O)(=O)C3CCCCC3)CC2)ncn1. The van der Waals surface area contributed by atoms with Gasteiger partial charge in [-0.05, 0) is 38.5 Å². The number of hydrogen-bond acceptors (Lipinski definition) is 6. The molecule has 2 saturated carbocycles. The summed E-state index contributed by atoms with van der Waals surface area (Å²) in [6.45, 7) is 1.27. The molecule has 0 amide bonds. The number of piperidine rings is 1. The van der Waals surface area contributed by atoms with Crippen LogP contribution in [0.4, 0.5) is 11.6 Å². The minimum absolute atomic E-state index is 0.151. The topological polar surface area (TPSA) is 69.6 Å². The molecule has 1 aromatic rings. The van der Waals surface area contributed by atoms with Gasteiger partial charge in [0.05, 0.1) is 5.25 Å². The Morgan fingerprint density at radius 3 is 2.11 bits per heavy atom. The molecule has 0 atom stereocenters. The average Bonchev–Trinajstić information content (AvgIpc) is 3.54. The first-order valence-electron chi connectivity index (χ1n) is 10.7. The van der Waals surface area contributed by atoms with Crippen LogP contribution < -0.4 is 9.80 Å². The predicted molar refractivity (Wildman–Crippen MR) is 112 cm³/mol. The van der Waals surface area contributed by atoms with Gasteiger partial charge in [-0.15, -0.1) is 0 Å². The van der Waals surface area contributed by atoms with E-state index in [9.17, 15) is 8.42 Å². The van der Waals surface area contributed by atoms with Crippen molar-refractivity contribution in [2.45, 2.75) is 75.1 Å². The molecule has 7 nitrogen and oxygen atoms in total. The van der Waals surface area contributed by atoms with Gasteiger partial charge in [-0.2, -0.15) is 0 Å². The zero-order valence-corrected chi connectivity index (χ0v) is 17.9. The number of rotatable bonds is 6. The van der Waals surface area contributed by atoms with Gasteiger partial charge in [0.25, 0.3) is 0 Å². The van der Waals surface area contributed by atoms with Gasteiger partial charge in [0.2, 0.25) is 10.0 Å². The summed E-state index contributed by atoms with van der Waals surface area (Å²) < 4.78 is 27.9. The summed E-state index contributed by atoms with van der Waals surface area (Å²) in [7, 11) is 0.838. The van der Waals surface area contributed by atoms with Crippen LogP contribution in [0.2, 0.25) is 0 Å². The van der Waals surface area contributed by atoms with E-state index in [1.807, 2.05) is 19.0 Å². The Kier molecular flexibility index (Phi) is 5.78. The van der Waals surface area contributed by atoms with Crippen molar-refractivity contribution in [3.05, 3.63) is 12.4 Å². The maximum absolute atomic E-state index is 13.0. The third kappa shape index (κ3) is 4.13. The van der Waals surface area contributed by atoms with Crippen LogP contribution >= 0.6 is 0 Å². The Labute approximate surface area is 169 Å². The molecule has 1 aliphatic heterocycles. The van der Waals surface area contributed by atoms with E-state index in [0.717, 1.165) is 50.2 Å². The summed E-state index contributed by atoms with van der Waals surface area (Å²) in [6.07, 6.45) is 10.8. The third-order valence-corrected chi connectivity index (χ3v) is 8.85. The van der Waals surface area contributed by atoms with Crippen LogP contribution in [-0.4, -0.2) is 67.2 Å². The largest absolute Gasteiger partial charge is 0.363 e. The lowest BCUT2D eigenvalue weighted by molar-refractivity contribution is 0.301. The van der Waals surface area contributed by atoms with Gasteiger partial charge in [-0.1, -0.05) is 19.3 Å². The smallest absolute Gasteiger partial charge is 0.216 e. The maximum Gasteiger partial charge on any atom is 0.216 e. The van der Waals surface area contributed by atoms with Crippen LogP contribution in [0.25, 0.3) is 0 Å². The van der Waals surface area contributed by atoms with Gasteiger partial charge < -0.3 is 9.80 Å². The molecule has 0 unspecified atom stereocenters. The average molecular weight is 408 g/mol. The molecule has 8 heteroatoms. The van der Waals surface area contributed by atoms with Crippen molar-refractivity contribution in [2.24, 2.45) is 0 Å². The lowest BCUT2D eigenvalue weighted by Gasteiger charge is -2.40. The molecule has 2 heterocycles. The molecular formula is C20H33N5O2S. The molecule has 1 aromatic heterocycles. The van der Waals surface area contributed by atoms with Crippen molar-refractivity contribution >= 4 is 21.7 Å². The molecule has 28 heavy (non-hydrogen) atoms. The number of aromatic nitrogens is 2. The summed E-state index contributed by atoms with van der Waals surface area (Å²) in [5, 5.41) is -0.151. The van der Waals surface area contributed by atoms with E-state index in [1.54, 1.807) is 10.6 Å². The van der Waals surface area contributed by atoms with E-state index in [2.05, 4.69) is 20.9 Å². The predicted octanol–water partition coefficient (Wildman–Crippen LogP) is 2.64. The lowest BCUT2D eigenvalue weighted by atomic mass is 10.0. The minimum atomic E-state index is -3.14. The van der Waals surface area contributed by atoms with Crippen LogP contribution in [0.1, 0.15) is 57.8 Å². The Morgan fingerprint density at radius 1 is 0.893 bits per heavy atom. The second kappa shape index (κ2) is 8.14. The van der Waals surface area contributed by atoms with Gasteiger partial charge in [0, 0.05) is 45.3 Å².